The zero-order valence-corrected chi connectivity index (χ0v) is 14.2. The van der Waals surface area contributed by atoms with Gasteiger partial charge in [-0.1, -0.05) is 11.6 Å². The third kappa shape index (κ3) is 4.12. The van der Waals surface area contributed by atoms with E-state index in [-0.39, 0.29) is 5.56 Å². The molecule has 0 unspecified atom stereocenters. The monoisotopic (exact) mass is 390 g/mol. The maximum atomic E-state index is 11.1. The molecule has 0 aliphatic rings. The van der Waals surface area contributed by atoms with Crippen molar-refractivity contribution < 1.29 is 19.4 Å². The van der Waals surface area contributed by atoms with E-state index in [0.717, 1.165) is 4.88 Å². The number of carboxylic acids is 1. The van der Waals surface area contributed by atoms with Gasteiger partial charge in [-0.2, -0.15) is 0 Å². The maximum absolute atomic E-state index is 11.1. The number of aromatic carboxylic acids is 1. The predicted octanol–water partition coefficient (Wildman–Crippen LogP) is 4.84. The number of thiophene rings is 1. The first-order valence-corrected chi connectivity index (χ1v) is 8.06. The SMILES string of the molecule is CCOc1cc(C(=O)O)cc(Br)c1OCc1ccc(Cl)s1. The normalized spacial score (nSPS) is 10.4. The Balaban J connectivity index is 2.26. The zero-order valence-electron chi connectivity index (χ0n) is 11.1. The van der Waals surface area contributed by atoms with Crippen LogP contribution < -0.4 is 9.47 Å². The van der Waals surface area contributed by atoms with Gasteiger partial charge in [0.15, 0.2) is 11.5 Å². The van der Waals surface area contributed by atoms with Crippen LogP contribution in [0, 0.1) is 0 Å². The minimum atomic E-state index is -1.02. The molecule has 0 spiro atoms. The van der Waals surface area contributed by atoms with E-state index in [4.69, 9.17) is 26.2 Å². The van der Waals surface area contributed by atoms with Gasteiger partial charge in [0.1, 0.15) is 6.61 Å². The summed E-state index contributed by atoms with van der Waals surface area (Å²) < 4.78 is 12.4. The number of hydrogen-bond acceptors (Lipinski definition) is 4. The smallest absolute Gasteiger partial charge is 0.335 e. The lowest BCUT2D eigenvalue weighted by Gasteiger charge is -2.14. The fourth-order valence-corrected chi connectivity index (χ4v) is 3.22. The second-order valence-corrected chi connectivity index (χ2v) is 6.67. The summed E-state index contributed by atoms with van der Waals surface area (Å²) in [7, 11) is 0. The molecular weight excluding hydrogens is 380 g/mol. The lowest BCUT2D eigenvalue weighted by Crippen LogP contribution is -2.03. The molecule has 0 radical (unpaired) electrons. The molecule has 112 valence electrons. The van der Waals surface area contributed by atoms with Crippen molar-refractivity contribution in [3.63, 3.8) is 0 Å². The van der Waals surface area contributed by atoms with Crippen LogP contribution in [-0.4, -0.2) is 17.7 Å². The van der Waals surface area contributed by atoms with Gasteiger partial charge in [-0.05, 0) is 47.1 Å². The van der Waals surface area contributed by atoms with Gasteiger partial charge in [-0.15, -0.1) is 11.3 Å². The fraction of sp³-hybridized carbons (Fsp3) is 0.214. The molecule has 1 aromatic heterocycles. The van der Waals surface area contributed by atoms with E-state index in [2.05, 4.69) is 15.9 Å². The Kier molecular flexibility index (Phi) is 5.50. The molecule has 0 saturated heterocycles. The van der Waals surface area contributed by atoms with Crippen LogP contribution >= 0.6 is 38.9 Å². The minimum Gasteiger partial charge on any atom is -0.490 e. The number of carboxylic acid groups (broad SMARTS) is 1. The molecule has 0 bridgehead atoms. The highest BCUT2D eigenvalue weighted by molar-refractivity contribution is 9.10. The van der Waals surface area contributed by atoms with Crippen LogP contribution in [-0.2, 0) is 6.61 Å². The Labute approximate surface area is 139 Å². The largest absolute Gasteiger partial charge is 0.490 e. The number of benzene rings is 1. The highest BCUT2D eigenvalue weighted by Crippen LogP contribution is 2.38. The Morgan fingerprint density at radius 2 is 2.14 bits per heavy atom. The molecule has 7 heteroatoms. The molecule has 21 heavy (non-hydrogen) atoms. The summed E-state index contributed by atoms with van der Waals surface area (Å²) in [5, 5.41) is 9.07. The van der Waals surface area contributed by atoms with Gasteiger partial charge in [0.25, 0.3) is 0 Å². The first-order valence-electron chi connectivity index (χ1n) is 6.08. The summed E-state index contributed by atoms with van der Waals surface area (Å²) in [4.78, 5) is 12.0. The maximum Gasteiger partial charge on any atom is 0.335 e. The van der Waals surface area contributed by atoms with E-state index in [1.54, 1.807) is 6.07 Å². The first-order chi connectivity index (χ1) is 10.0. The summed E-state index contributed by atoms with van der Waals surface area (Å²) >= 11 is 10.6. The summed E-state index contributed by atoms with van der Waals surface area (Å²) in [6.45, 7) is 2.57. The summed E-state index contributed by atoms with van der Waals surface area (Å²) in [5.74, 6) is -0.147. The van der Waals surface area contributed by atoms with Crippen LogP contribution in [0.25, 0.3) is 0 Å². The van der Waals surface area contributed by atoms with Crippen LogP contribution in [0.1, 0.15) is 22.2 Å². The van der Waals surface area contributed by atoms with Gasteiger partial charge in [0.2, 0.25) is 0 Å². The quantitative estimate of drug-likeness (QED) is 0.765. The number of rotatable bonds is 6. The van der Waals surface area contributed by atoms with Crippen molar-refractivity contribution in [1.82, 2.24) is 0 Å². The molecule has 1 aromatic carbocycles. The van der Waals surface area contributed by atoms with E-state index >= 15 is 0 Å². The molecule has 2 aromatic rings. The van der Waals surface area contributed by atoms with Crippen molar-refractivity contribution in [1.29, 1.82) is 0 Å². The van der Waals surface area contributed by atoms with E-state index < -0.39 is 5.97 Å². The van der Waals surface area contributed by atoms with Gasteiger partial charge < -0.3 is 14.6 Å². The summed E-state index contributed by atoms with van der Waals surface area (Å²) in [5.41, 5.74) is 0.136. The van der Waals surface area contributed by atoms with E-state index in [0.29, 0.717) is 33.5 Å². The van der Waals surface area contributed by atoms with Gasteiger partial charge in [-0.3, -0.25) is 0 Å². The van der Waals surface area contributed by atoms with Gasteiger partial charge >= 0.3 is 5.97 Å². The van der Waals surface area contributed by atoms with Crippen molar-refractivity contribution in [2.24, 2.45) is 0 Å². The van der Waals surface area contributed by atoms with Crippen molar-refractivity contribution in [2.75, 3.05) is 6.61 Å². The number of ether oxygens (including phenoxy) is 2. The van der Waals surface area contributed by atoms with Crippen LogP contribution in [0.3, 0.4) is 0 Å². The fourth-order valence-electron chi connectivity index (χ4n) is 1.67. The molecule has 1 heterocycles. The number of halogens is 2. The lowest BCUT2D eigenvalue weighted by molar-refractivity contribution is 0.0696. The molecule has 0 aliphatic carbocycles. The molecule has 2 rings (SSSR count). The van der Waals surface area contributed by atoms with E-state index in [1.165, 1.54) is 23.5 Å². The molecular formula is C14H12BrClO4S. The Morgan fingerprint density at radius 3 is 2.71 bits per heavy atom. The highest BCUT2D eigenvalue weighted by Gasteiger charge is 2.16. The van der Waals surface area contributed by atoms with Gasteiger partial charge in [-0.25, -0.2) is 4.79 Å². The van der Waals surface area contributed by atoms with Crippen LogP contribution in [0.15, 0.2) is 28.7 Å². The highest BCUT2D eigenvalue weighted by atomic mass is 79.9. The standard InChI is InChI=1S/C14H12BrClO4S/c1-2-19-11-6-8(14(17)18)5-10(15)13(11)20-7-9-3-4-12(16)21-9/h3-6H,2,7H2,1H3,(H,17,18). The van der Waals surface area contributed by atoms with Crippen LogP contribution in [0.5, 0.6) is 11.5 Å². The third-order valence-electron chi connectivity index (χ3n) is 2.54. The Bertz CT molecular complexity index is 656. The third-order valence-corrected chi connectivity index (χ3v) is 4.34. The summed E-state index contributed by atoms with van der Waals surface area (Å²) in [6.07, 6.45) is 0. The molecule has 0 saturated carbocycles. The van der Waals surface area contributed by atoms with Crippen molar-refractivity contribution in [3.05, 3.63) is 43.5 Å². The first kappa shape index (κ1) is 16.1. The number of carbonyl (C=O) groups is 1. The van der Waals surface area contributed by atoms with Gasteiger partial charge in [0.05, 0.1) is 21.0 Å². The van der Waals surface area contributed by atoms with Crippen molar-refractivity contribution in [3.8, 4) is 11.5 Å². The predicted molar refractivity (Wildman–Crippen MR) is 85.9 cm³/mol. The van der Waals surface area contributed by atoms with Gasteiger partial charge in [0, 0.05) is 4.88 Å². The molecule has 4 nitrogen and oxygen atoms in total. The Hall–Kier alpha value is -1.24. The average molecular weight is 392 g/mol. The van der Waals surface area contributed by atoms with Crippen LogP contribution in [0.4, 0.5) is 0 Å². The molecule has 0 aliphatic heterocycles. The van der Waals surface area contributed by atoms with Crippen molar-refractivity contribution >= 4 is 44.8 Å². The summed E-state index contributed by atoms with van der Waals surface area (Å²) in [6, 6.07) is 6.62. The van der Waals surface area contributed by atoms with Crippen molar-refractivity contribution in [2.45, 2.75) is 13.5 Å². The zero-order chi connectivity index (χ0) is 15.4. The second-order valence-electron chi connectivity index (χ2n) is 4.02. The van der Waals surface area contributed by atoms with Crippen LogP contribution in [0.2, 0.25) is 4.34 Å². The van der Waals surface area contributed by atoms with E-state index in [9.17, 15) is 4.79 Å². The minimum absolute atomic E-state index is 0.136. The Morgan fingerprint density at radius 1 is 1.38 bits per heavy atom. The molecule has 0 fully saturated rings. The second kappa shape index (κ2) is 7.15. The molecule has 0 amide bonds. The topological polar surface area (TPSA) is 55.8 Å². The lowest BCUT2D eigenvalue weighted by atomic mass is 10.2. The molecule has 1 N–H and O–H groups in total. The number of hydrogen-bond donors (Lipinski definition) is 1. The van der Waals surface area contributed by atoms with E-state index in [1.807, 2.05) is 13.0 Å². The average Bonchev–Trinajstić information content (AvgIpc) is 2.83. The molecule has 0 atom stereocenters.